The first-order valence-corrected chi connectivity index (χ1v) is 10.0. The number of anilines is 2. The molecule has 0 amide bonds. The molecule has 32 heavy (non-hydrogen) atoms. The van der Waals surface area contributed by atoms with Crippen LogP contribution in [0.25, 0.3) is 5.57 Å². The van der Waals surface area contributed by atoms with E-state index in [0.717, 1.165) is 16.8 Å². The molecule has 2 aromatic carbocycles. The molecule has 8 nitrogen and oxygen atoms in total. The number of aromatic nitrogens is 2. The second kappa shape index (κ2) is 9.18. The van der Waals surface area contributed by atoms with Crippen LogP contribution in [0.1, 0.15) is 27.2 Å². The fourth-order valence-corrected chi connectivity index (χ4v) is 3.27. The van der Waals surface area contributed by atoms with E-state index in [1.54, 1.807) is 18.3 Å². The number of fused-ring (bicyclic) bond motifs is 1. The summed E-state index contributed by atoms with van der Waals surface area (Å²) in [4.78, 5) is 20.4. The molecule has 2 N–H and O–H groups in total. The monoisotopic (exact) mass is 427 g/mol. The van der Waals surface area contributed by atoms with E-state index in [0.29, 0.717) is 47.4 Å². The number of esters is 1. The molecule has 0 spiro atoms. The van der Waals surface area contributed by atoms with Crippen molar-refractivity contribution in [2.24, 2.45) is 0 Å². The van der Waals surface area contributed by atoms with E-state index in [1.807, 2.05) is 43.3 Å². The molecule has 160 valence electrons. The summed E-state index contributed by atoms with van der Waals surface area (Å²) in [5, 5.41) is 16.1. The van der Waals surface area contributed by atoms with Gasteiger partial charge in [-0.2, -0.15) is 5.26 Å². The number of benzene rings is 2. The lowest BCUT2D eigenvalue weighted by Crippen LogP contribution is -2.11. The van der Waals surface area contributed by atoms with Gasteiger partial charge in [-0.1, -0.05) is 24.3 Å². The van der Waals surface area contributed by atoms with E-state index in [-0.39, 0.29) is 5.97 Å². The van der Waals surface area contributed by atoms with E-state index >= 15 is 0 Å². The summed E-state index contributed by atoms with van der Waals surface area (Å²) >= 11 is 0. The molecule has 2 heterocycles. The number of carbonyl (C=O) groups is 1. The molecule has 0 saturated carbocycles. The zero-order valence-electron chi connectivity index (χ0n) is 17.7. The minimum atomic E-state index is -0.360. The van der Waals surface area contributed by atoms with Gasteiger partial charge in [0.1, 0.15) is 11.6 Å². The van der Waals surface area contributed by atoms with E-state index < -0.39 is 0 Å². The Hall–Kier alpha value is -4.38. The molecule has 8 heteroatoms. The van der Waals surface area contributed by atoms with E-state index in [1.165, 1.54) is 7.11 Å². The first kappa shape index (κ1) is 20.9. The molecule has 0 bridgehead atoms. The zero-order valence-corrected chi connectivity index (χ0v) is 17.7. The first-order chi connectivity index (χ1) is 15.6. The van der Waals surface area contributed by atoms with Crippen LogP contribution in [-0.2, 0) is 11.2 Å². The van der Waals surface area contributed by atoms with Crippen LogP contribution in [0.5, 0.6) is 5.75 Å². The number of para-hydroxylation sites is 2. The average molecular weight is 427 g/mol. The number of hydrogen-bond donors (Lipinski definition) is 2. The van der Waals surface area contributed by atoms with E-state index in [4.69, 9.17) is 9.47 Å². The Morgan fingerprint density at radius 1 is 1.22 bits per heavy atom. The van der Waals surface area contributed by atoms with Crippen molar-refractivity contribution in [1.29, 1.82) is 5.26 Å². The molecule has 1 aliphatic heterocycles. The number of ether oxygens (including phenoxy) is 2. The van der Waals surface area contributed by atoms with Crippen molar-refractivity contribution in [1.82, 2.24) is 9.97 Å². The summed E-state index contributed by atoms with van der Waals surface area (Å²) in [5.74, 6) is 1.08. The fraction of sp³-hybridized carbons (Fsp3) is 0.167. The third-order valence-corrected chi connectivity index (χ3v) is 4.97. The molecule has 0 fully saturated rings. The molecule has 3 aromatic rings. The molecular formula is C24H21N5O3. The number of allylic oxidation sites excluding steroid dienone is 1. The highest BCUT2D eigenvalue weighted by Crippen LogP contribution is 2.35. The zero-order chi connectivity index (χ0) is 22.5. The van der Waals surface area contributed by atoms with Gasteiger partial charge in [-0.3, -0.25) is 0 Å². The predicted molar refractivity (Wildman–Crippen MR) is 120 cm³/mol. The van der Waals surface area contributed by atoms with Gasteiger partial charge in [0.2, 0.25) is 11.8 Å². The molecule has 0 radical (unpaired) electrons. The fourth-order valence-electron chi connectivity index (χ4n) is 3.27. The van der Waals surface area contributed by atoms with Gasteiger partial charge >= 0.3 is 5.97 Å². The third-order valence-electron chi connectivity index (χ3n) is 4.97. The van der Waals surface area contributed by atoms with Crippen molar-refractivity contribution in [3.8, 4) is 11.8 Å². The number of nitrogens with zero attached hydrogens (tertiary/aromatic N) is 3. The first-order valence-electron chi connectivity index (χ1n) is 10.0. The van der Waals surface area contributed by atoms with Crippen molar-refractivity contribution < 1.29 is 14.3 Å². The molecule has 1 aromatic heterocycles. The van der Waals surface area contributed by atoms with Gasteiger partial charge in [0.15, 0.2) is 5.75 Å². The van der Waals surface area contributed by atoms with Gasteiger partial charge in [0.05, 0.1) is 24.1 Å². The Kier molecular flexibility index (Phi) is 5.99. The van der Waals surface area contributed by atoms with Crippen LogP contribution < -0.4 is 15.4 Å². The minimum Gasteiger partial charge on any atom is -0.465 e. The highest BCUT2D eigenvalue weighted by molar-refractivity contribution is 5.89. The number of hydrogen-bond acceptors (Lipinski definition) is 8. The van der Waals surface area contributed by atoms with Crippen molar-refractivity contribution in [3.05, 3.63) is 83.0 Å². The van der Waals surface area contributed by atoms with Crippen LogP contribution in [0.2, 0.25) is 0 Å². The van der Waals surface area contributed by atoms with Crippen LogP contribution in [0.4, 0.5) is 11.6 Å². The maximum Gasteiger partial charge on any atom is 0.337 e. The highest BCUT2D eigenvalue weighted by atomic mass is 16.5. The lowest BCUT2D eigenvalue weighted by Gasteiger charge is -2.10. The normalized spacial score (nSPS) is 13.3. The average Bonchev–Trinajstić information content (AvgIpc) is 3.25. The van der Waals surface area contributed by atoms with E-state index in [9.17, 15) is 10.1 Å². The van der Waals surface area contributed by atoms with Gasteiger partial charge in [0.25, 0.3) is 0 Å². The van der Waals surface area contributed by atoms with Crippen molar-refractivity contribution in [3.63, 3.8) is 0 Å². The Morgan fingerprint density at radius 3 is 2.72 bits per heavy atom. The van der Waals surface area contributed by atoms with Crippen molar-refractivity contribution in [2.75, 3.05) is 24.3 Å². The van der Waals surface area contributed by atoms with Crippen molar-refractivity contribution >= 4 is 23.2 Å². The molecule has 0 atom stereocenters. The van der Waals surface area contributed by atoms with Crippen LogP contribution in [0.15, 0.2) is 60.6 Å². The van der Waals surface area contributed by atoms with Gasteiger partial charge in [-0.25, -0.2) is 14.8 Å². The Morgan fingerprint density at radius 2 is 2.00 bits per heavy atom. The van der Waals surface area contributed by atoms with Crippen molar-refractivity contribution in [2.45, 2.75) is 13.3 Å². The van der Waals surface area contributed by atoms with Gasteiger partial charge in [0, 0.05) is 12.7 Å². The third kappa shape index (κ3) is 4.37. The number of methoxy groups -OCH3 is 1. The number of carbonyl (C=O) groups excluding carboxylic acids is 1. The van der Waals surface area contributed by atoms with Gasteiger partial charge < -0.3 is 20.1 Å². The number of rotatable bonds is 6. The summed E-state index contributed by atoms with van der Waals surface area (Å²) in [7, 11) is 1.36. The van der Waals surface area contributed by atoms with Gasteiger partial charge in [-0.15, -0.1) is 0 Å². The summed E-state index contributed by atoms with van der Waals surface area (Å²) in [5.41, 5.74) is 3.94. The van der Waals surface area contributed by atoms with Crippen LogP contribution in [-0.4, -0.2) is 29.6 Å². The second-order valence-corrected chi connectivity index (χ2v) is 7.13. The Labute approximate surface area is 185 Å². The highest BCUT2D eigenvalue weighted by Gasteiger charge is 2.23. The molecule has 0 aliphatic carbocycles. The molecule has 1 aliphatic rings. The Balaban J connectivity index is 1.47. The van der Waals surface area contributed by atoms with Gasteiger partial charge in [-0.05, 0) is 48.7 Å². The predicted octanol–water partition coefficient (Wildman–Crippen LogP) is 3.92. The van der Waals surface area contributed by atoms with Crippen LogP contribution >= 0.6 is 0 Å². The minimum absolute atomic E-state index is 0.308. The summed E-state index contributed by atoms with van der Waals surface area (Å²) in [6.07, 6.45) is 2.38. The SMILES string of the molecule is COC(=O)c1ccc(CCNc2ncc(C)c(/C(C#N)=C3/Nc4ccccc4O3)n2)cc1. The second-order valence-electron chi connectivity index (χ2n) is 7.13. The lowest BCUT2D eigenvalue weighted by atomic mass is 10.1. The standard InChI is InChI=1S/C24H21N5O3/c1-15-14-27-24(26-12-11-16-7-9-17(10-8-16)23(30)31-2)29-21(15)18(13-25)22-28-19-5-3-4-6-20(19)32-22/h3-10,14,28H,11-12H2,1-2H3,(H,26,27,29)/b22-18-. The summed E-state index contributed by atoms with van der Waals surface area (Å²) in [6.45, 7) is 2.43. The molecular weight excluding hydrogens is 406 g/mol. The lowest BCUT2D eigenvalue weighted by molar-refractivity contribution is 0.0600. The smallest absolute Gasteiger partial charge is 0.337 e. The number of aryl methyl sites for hydroxylation is 1. The quantitative estimate of drug-likeness (QED) is 0.450. The maximum atomic E-state index is 11.5. The number of nitrogens with one attached hydrogen (secondary N) is 2. The summed E-state index contributed by atoms with van der Waals surface area (Å²) < 4.78 is 10.5. The molecule has 0 saturated heterocycles. The summed E-state index contributed by atoms with van der Waals surface area (Å²) in [6, 6.07) is 16.9. The largest absolute Gasteiger partial charge is 0.465 e. The molecule has 4 rings (SSSR count). The maximum absolute atomic E-state index is 11.5. The van der Waals surface area contributed by atoms with E-state index in [2.05, 4.69) is 26.7 Å². The van der Waals surface area contributed by atoms with Crippen LogP contribution in [0, 0.1) is 18.3 Å². The van der Waals surface area contributed by atoms with Crippen LogP contribution in [0.3, 0.4) is 0 Å². The molecule has 0 unspecified atom stereocenters. The topological polar surface area (TPSA) is 109 Å². The number of nitriles is 1. The Bertz CT molecular complexity index is 1200.